The first-order valence-electron chi connectivity index (χ1n) is 8.79. The first-order chi connectivity index (χ1) is 13.5. The molecular formula is C21H21ClN2O3S. The van der Waals surface area contributed by atoms with E-state index >= 15 is 0 Å². The summed E-state index contributed by atoms with van der Waals surface area (Å²) in [6.45, 7) is 2.13. The van der Waals surface area contributed by atoms with E-state index in [1.165, 1.54) is 31.1 Å². The van der Waals surface area contributed by atoms with Crippen LogP contribution >= 0.6 is 22.9 Å². The first kappa shape index (κ1) is 20.2. The van der Waals surface area contributed by atoms with Crippen molar-refractivity contribution >= 4 is 34.5 Å². The molecule has 0 aliphatic rings. The van der Waals surface area contributed by atoms with Gasteiger partial charge in [-0.15, -0.1) is 11.3 Å². The number of thiazole rings is 1. The molecular weight excluding hydrogens is 396 g/mol. The van der Waals surface area contributed by atoms with Gasteiger partial charge in [0.2, 0.25) is 5.91 Å². The van der Waals surface area contributed by atoms with Crippen molar-refractivity contribution in [3.05, 3.63) is 58.1 Å². The summed E-state index contributed by atoms with van der Waals surface area (Å²) in [5.41, 5.74) is 3.55. The third kappa shape index (κ3) is 4.64. The maximum atomic E-state index is 12.5. The lowest BCUT2D eigenvalue weighted by molar-refractivity contribution is -0.115. The number of ether oxygens (including phenoxy) is 2. The second-order valence-electron chi connectivity index (χ2n) is 6.11. The van der Waals surface area contributed by atoms with Crippen molar-refractivity contribution in [3.8, 4) is 22.1 Å². The maximum absolute atomic E-state index is 12.5. The van der Waals surface area contributed by atoms with Crippen LogP contribution in [0.2, 0.25) is 5.02 Å². The Bertz CT molecular complexity index is 970. The SMILES string of the molecule is CCc1ccc(-c2nc(CC(=O)Nc3cc(Cl)c(OC)cc3OC)cs2)cc1. The summed E-state index contributed by atoms with van der Waals surface area (Å²) in [7, 11) is 3.05. The minimum Gasteiger partial charge on any atom is -0.495 e. The molecule has 0 aliphatic carbocycles. The molecule has 3 aromatic rings. The summed E-state index contributed by atoms with van der Waals surface area (Å²) < 4.78 is 10.5. The zero-order valence-electron chi connectivity index (χ0n) is 15.9. The van der Waals surface area contributed by atoms with Crippen LogP contribution in [0.15, 0.2) is 41.8 Å². The number of anilines is 1. The quantitative estimate of drug-likeness (QED) is 0.573. The number of aryl methyl sites for hydroxylation is 1. The van der Waals surface area contributed by atoms with Crippen molar-refractivity contribution in [2.45, 2.75) is 19.8 Å². The monoisotopic (exact) mass is 416 g/mol. The van der Waals surface area contributed by atoms with Crippen molar-refractivity contribution in [1.29, 1.82) is 0 Å². The fraction of sp³-hybridized carbons (Fsp3) is 0.238. The molecule has 3 rings (SSSR count). The van der Waals surface area contributed by atoms with Crippen LogP contribution in [0.5, 0.6) is 11.5 Å². The number of aromatic nitrogens is 1. The van der Waals surface area contributed by atoms with Gasteiger partial charge in [-0.1, -0.05) is 42.8 Å². The highest BCUT2D eigenvalue weighted by molar-refractivity contribution is 7.13. The number of methoxy groups -OCH3 is 2. The van der Waals surface area contributed by atoms with Gasteiger partial charge in [0.05, 0.1) is 37.0 Å². The molecule has 0 bridgehead atoms. The first-order valence-corrected chi connectivity index (χ1v) is 10.0. The number of halogens is 1. The predicted octanol–water partition coefficient (Wildman–Crippen LogP) is 5.22. The average Bonchev–Trinajstić information content (AvgIpc) is 3.16. The number of nitrogens with one attached hydrogen (secondary N) is 1. The Morgan fingerprint density at radius 2 is 1.86 bits per heavy atom. The molecule has 1 heterocycles. The van der Waals surface area contributed by atoms with Gasteiger partial charge in [-0.05, 0) is 18.1 Å². The molecule has 7 heteroatoms. The molecule has 1 amide bonds. The van der Waals surface area contributed by atoms with Gasteiger partial charge < -0.3 is 14.8 Å². The average molecular weight is 417 g/mol. The minimum atomic E-state index is -0.197. The standard InChI is InChI=1S/C21H21ClN2O3S/c1-4-13-5-7-14(8-6-13)21-23-15(12-28-21)9-20(25)24-17-10-16(22)18(26-2)11-19(17)27-3/h5-8,10-12H,4,9H2,1-3H3,(H,24,25). The van der Waals surface area contributed by atoms with E-state index in [-0.39, 0.29) is 12.3 Å². The van der Waals surface area contributed by atoms with Crippen LogP contribution in [0, 0.1) is 0 Å². The van der Waals surface area contributed by atoms with Gasteiger partial charge in [0.1, 0.15) is 16.5 Å². The zero-order valence-corrected chi connectivity index (χ0v) is 17.5. The van der Waals surface area contributed by atoms with Crippen LogP contribution in [0.25, 0.3) is 10.6 Å². The van der Waals surface area contributed by atoms with Gasteiger partial charge in [0.15, 0.2) is 0 Å². The number of rotatable bonds is 7. The molecule has 0 saturated heterocycles. The van der Waals surface area contributed by atoms with Gasteiger partial charge in [0.25, 0.3) is 0 Å². The molecule has 0 aliphatic heterocycles. The van der Waals surface area contributed by atoms with Gasteiger partial charge in [-0.25, -0.2) is 4.98 Å². The van der Waals surface area contributed by atoms with Crippen LogP contribution < -0.4 is 14.8 Å². The highest BCUT2D eigenvalue weighted by atomic mass is 35.5. The van der Waals surface area contributed by atoms with Crippen molar-refractivity contribution in [2.75, 3.05) is 19.5 Å². The largest absolute Gasteiger partial charge is 0.495 e. The Morgan fingerprint density at radius 3 is 2.50 bits per heavy atom. The summed E-state index contributed by atoms with van der Waals surface area (Å²) in [6, 6.07) is 11.6. The van der Waals surface area contributed by atoms with E-state index in [0.29, 0.717) is 22.2 Å². The van der Waals surface area contributed by atoms with Crippen LogP contribution in [0.1, 0.15) is 18.2 Å². The highest BCUT2D eigenvalue weighted by Gasteiger charge is 2.14. The summed E-state index contributed by atoms with van der Waals surface area (Å²) in [6.07, 6.45) is 1.17. The Morgan fingerprint density at radius 1 is 1.14 bits per heavy atom. The molecule has 0 atom stereocenters. The summed E-state index contributed by atoms with van der Waals surface area (Å²) in [5, 5.41) is 6.02. The molecule has 1 N–H and O–H groups in total. The molecule has 5 nitrogen and oxygen atoms in total. The van der Waals surface area contributed by atoms with E-state index in [0.717, 1.165) is 22.7 Å². The van der Waals surface area contributed by atoms with E-state index in [9.17, 15) is 4.79 Å². The Hall–Kier alpha value is -2.57. The smallest absolute Gasteiger partial charge is 0.230 e. The molecule has 0 fully saturated rings. The second kappa shape index (κ2) is 9.08. The summed E-state index contributed by atoms with van der Waals surface area (Å²) >= 11 is 7.68. The molecule has 0 spiro atoms. The molecule has 0 radical (unpaired) electrons. The number of amides is 1. The summed E-state index contributed by atoms with van der Waals surface area (Å²) in [5.74, 6) is 0.761. The fourth-order valence-corrected chi connectivity index (χ4v) is 3.79. The van der Waals surface area contributed by atoms with Crippen LogP contribution in [-0.4, -0.2) is 25.1 Å². The van der Waals surface area contributed by atoms with E-state index in [1.54, 1.807) is 12.1 Å². The van der Waals surface area contributed by atoms with Crippen molar-refractivity contribution in [3.63, 3.8) is 0 Å². The van der Waals surface area contributed by atoms with Crippen LogP contribution in [0.3, 0.4) is 0 Å². The van der Waals surface area contributed by atoms with Gasteiger partial charge >= 0.3 is 0 Å². The van der Waals surface area contributed by atoms with Gasteiger partial charge in [-0.2, -0.15) is 0 Å². The van der Waals surface area contributed by atoms with Gasteiger partial charge in [-0.3, -0.25) is 4.79 Å². The molecule has 2 aromatic carbocycles. The Kier molecular flexibility index (Phi) is 6.54. The molecule has 28 heavy (non-hydrogen) atoms. The Balaban J connectivity index is 1.70. The number of carbonyl (C=O) groups is 1. The fourth-order valence-electron chi connectivity index (χ4n) is 2.72. The van der Waals surface area contributed by atoms with E-state index in [1.807, 2.05) is 5.38 Å². The zero-order chi connectivity index (χ0) is 20.1. The van der Waals surface area contributed by atoms with E-state index in [2.05, 4.69) is 41.5 Å². The lowest BCUT2D eigenvalue weighted by Gasteiger charge is -2.12. The minimum absolute atomic E-state index is 0.163. The number of hydrogen-bond acceptors (Lipinski definition) is 5. The molecule has 0 saturated carbocycles. The number of hydrogen-bond donors (Lipinski definition) is 1. The Labute approximate surface area is 173 Å². The van der Waals surface area contributed by atoms with Gasteiger partial charge in [0, 0.05) is 17.0 Å². The van der Waals surface area contributed by atoms with Crippen molar-refractivity contribution < 1.29 is 14.3 Å². The molecule has 0 unspecified atom stereocenters. The highest BCUT2D eigenvalue weighted by Crippen LogP contribution is 2.36. The maximum Gasteiger partial charge on any atom is 0.230 e. The normalized spacial score (nSPS) is 10.6. The van der Waals surface area contributed by atoms with Crippen molar-refractivity contribution in [2.24, 2.45) is 0 Å². The lowest BCUT2D eigenvalue weighted by Crippen LogP contribution is -2.15. The van der Waals surface area contributed by atoms with E-state index < -0.39 is 0 Å². The topological polar surface area (TPSA) is 60.5 Å². The number of benzene rings is 2. The molecule has 146 valence electrons. The lowest BCUT2D eigenvalue weighted by atomic mass is 10.1. The third-order valence-corrected chi connectivity index (χ3v) is 5.49. The van der Waals surface area contributed by atoms with Crippen LogP contribution in [-0.2, 0) is 17.6 Å². The predicted molar refractivity (Wildman–Crippen MR) is 114 cm³/mol. The van der Waals surface area contributed by atoms with Crippen LogP contribution in [0.4, 0.5) is 5.69 Å². The second-order valence-corrected chi connectivity index (χ2v) is 7.37. The summed E-state index contributed by atoms with van der Waals surface area (Å²) in [4.78, 5) is 17.1. The number of carbonyl (C=O) groups excluding carboxylic acids is 1. The number of nitrogens with zero attached hydrogens (tertiary/aromatic N) is 1. The molecule has 1 aromatic heterocycles. The third-order valence-electron chi connectivity index (χ3n) is 4.25. The van der Waals surface area contributed by atoms with E-state index in [4.69, 9.17) is 21.1 Å². The van der Waals surface area contributed by atoms with Crippen molar-refractivity contribution in [1.82, 2.24) is 4.98 Å².